The fourth-order valence-corrected chi connectivity index (χ4v) is 3.00. The highest BCUT2D eigenvalue weighted by Gasteiger charge is 2.23. The summed E-state index contributed by atoms with van der Waals surface area (Å²) in [7, 11) is 0. The van der Waals surface area contributed by atoms with E-state index >= 15 is 0 Å². The number of ether oxygens (including phenoxy) is 1. The Hall–Kier alpha value is -1.22. The average molecular weight is 297 g/mol. The highest BCUT2D eigenvalue weighted by atomic mass is 35.5. The van der Waals surface area contributed by atoms with E-state index in [1.165, 1.54) is 19.3 Å². The highest BCUT2D eigenvalue weighted by Crippen LogP contribution is 2.39. The van der Waals surface area contributed by atoms with Gasteiger partial charge >= 0.3 is 5.97 Å². The minimum absolute atomic E-state index is 0.434. The van der Waals surface area contributed by atoms with Crippen LogP contribution in [0.1, 0.15) is 56.9 Å². The van der Waals surface area contributed by atoms with Gasteiger partial charge in [0, 0.05) is 5.02 Å². The first-order valence-corrected chi connectivity index (χ1v) is 7.68. The van der Waals surface area contributed by atoms with Gasteiger partial charge in [-0.3, -0.25) is 0 Å². The van der Waals surface area contributed by atoms with E-state index in [4.69, 9.17) is 21.4 Å². The first kappa shape index (κ1) is 15.2. The molecule has 20 heavy (non-hydrogen) atoms. The summed E-state index contributed by atoms with van der Waals surface area (Å²) >= 11 is 6.10. The van der Waals surface area contributed by atoms with Crippen molar-refractivity contribution in [2.24, 2.45) is 0 Å². The Morgan fingerprint density at radius 1 is 1.40 bits per heavy atom. The van der Waals surface area contributed by atoms with Gasteiger partial charge in [0.05, 0.1) is 0 Å². The number of benzene rings is 1. The smallest absolute Gasteiger partial charge is 0.344 e. The van der Waals surface area contributed by atoms with Crippen molar-refractivity contribution in [3.8, 4) is 5.75 Å². The van der Waals surface area contributed by atoms with Crippen LogP contribution in [0.2, 0.25) is 5.02 Å². The Morgan fingerprint density at radius 3 is 2.70 bits per heavy atom. The largest absolute Gasteiger partial charge is 0.479 e. The number of carboxylic acid groups (broad SMARTS) is 1. The van der Waals surface area contributed by atoms with Crippen molar-refractivity contribution in [3.63, 3.8) is 0 Å². The molecule has 3 nitrogen and oxygen atoms in total. The van der Waals surface area contributed by atoms with Gasteiger partial charge in [-0.2, -0.15) is 0 Å². The van der Waals surface area contributed by atoms with Gasteiger partial charge in [0.15, 0.2) is 6.10 Å². The molecule has 0 amide bonds. The highest BCUT2D eigenvalue weighted by molar-refractivity contribution is 6.30. The van der Waals surface area contributed by atoms with Gasteiger partial charge in [-0.25, -0.2) is 4.79 Å². The van der Waals surface area contributed by atoms with Gasteiger partial charge in [0.1, 0.15) is 5.75 Å². The molecular formula is C16H21ClO3. The zero-order valence-corrected chi connectivity index (χ0v) is 12.5. The molecule has 1 atom stereocenters. The number of aliphatic carboxylic acids is 1. The summed E-state index contributed by atoms with van der Waals surface area (Å²) in [6.45, 7) is 1.81. The van der Waals surface area contributed by atoms with Crippen molar-refractivity contribution in [3.05, 3.63) is 28.8 Å². The molecule has 110 valence electrons. The number of hydrogen-bond donors (Lipinski definition) is 1. The van der Waals surface area contributed by atoms with Crippen molar-refractivity contribution < 1.29 is 14.6 Å². The molecule has 4 heteroatoms. The molecule has 1 aromatic rings. The minimum atomic E-state index is -0.919. The number of hydrogen-bond acceptors (Lipinski definition) is 2. The fraction of sp³-hybridized carbons (Fsp3) is 0.562. The normalized spacial score (nSPS) is 17.7. The average Bonchev–Trinajstić information content (AvgIpc) is 2.46. The molecule has 0 radical (unpaired) electrons. The quantitative estimate of drug-likeness (QED) is 0.861. The molecule has 1 N–H and O–H groups in total. The lowest BCUT2D eigenvalue weighted by Crippen LogP contribution is -2.26. The van der Waals surface area contributed by atoms with Crippen LogP contribution in [0.15, 0.2) is 18.2 Å². The molecule has 0 spiro atoms. The lowest BCUT2D eigenvalue weighted by molar-refractivity contribution is -0.145. The molecule has 0 aromatic heterocycles. The van der Waals surface area contributed by atoms with E-state index in [1.807, 2.05) is 13.0 Å². The van der Waals surface area contributed by atoms with Gasteiger partial charge in [0.2, 0.25) is 0 Å². The first-order valence-electron chi connectivity index (χ1n) is 7.30. The van der Waals surface area contributed by atoms with Crippen molar-refractivity contribution in [2.45, 2.75) is 57.5 Å². The number of carbonyl (C=O) groups is 1. The third-order valence-corrected chi connectivity index (χ3v) is 4.17. The standard InChI is InChI=1S/C16H21ClO3/c1-2-14(16(18)19)20-15-9-8-12(17)10-13(15)11-6-4-3-5-7-11/h8-11,14H,2-7H2,1H3,(H,18,19). The number of rotatable bonds is 5. The van der Waals surface area contributed by atoms with Crippen molar-refractivity contribution in [2.75, 3.05) is 0 Å². The predicted molar refractivity (Wildman–Crippen MR) is 79.6 cm³/mol. The van der Waals surface area contributed by atoms with Crippen LogP contribution < -0.4 is 4.74 Å². The van der Waals surface area contributed by atoms with Crippen LogP contribution in [0, 0.1) is 0 Å². The molecule has 1 aliphatic carbocycles. The van der Waals surface area contributed by atoms with Crippen LogP contribution in [-0.4, -0.2) is 17.2 Å². The maximum atomic E-state index is 11.1. The maximum Gasteiger partial charge on any atom is 0.344 e. The van der Waals surface area contributed by atoms with Crippen LogP contribution in [0.5, 0.6) is 5.75 Å². The summed E-state index contributed by atoms with van der Waals surface area (Å²) in [4.78, 5) is 11.1. The van der Waals surface area contributed by atoms with Gasteiger partial charge < -0.3 is 9.84 Å². The monoisotopic (exact) mass is 296 g/mol. The zero-order chi connectivity index (χ0) is 14.5. The van der Waals surface area contributed by atoms with E-state index in [-0.39, 0.29) is 0 Å². The molecule has 0 aliphatic heterocycles. The van der Waals surface area contributed by atoms with Gasteiger partial charge in [-0.05, 0) is 48.9 Å². The van der Waals surface area contributed by atoms with Crippen LogP contribution in [0.25, 0.3) is 0 Å². The van der Waals surface area contributed by atoms with Crippen molar-refractivity contribution in [1.82, 2.24) is 0 Å². The van der Waals surface area contributed by atoms with Gasteiger partial charge in [-0.15, -0.1) is 0 Å². The summed E-state index contributed by atoms with van der Waals surface area (Å²) in [5.41, 5.74) is 1.07. The lowest BCUT2D eigenvalue weighted by Gasteiger charge is -2.25. The van der Waals surface area contributed by atoms with Crippen LogP contribution in [0.4, 0.5) is 0 Å². The van der Waals surface area contributed by atoms with E-state index in [2.05, 4.69) is 0 Å². The molecule has 1 fully saturated rings. The third kappa shape index (κ3) is 3.66. The Balaban J connectivity index is 2.25. The van der Waals surface area contributed by atoms with Crippen LogP contribution in [-0.2, 0) is 4.79 Å². The first-order chi connectivity index (χ1) is 9.61. The molecule has 0 saturated heterocycles. The lowest BCUT2D eigenvalue weighted by atomic mass is 9.83. The zero-order valence-electron chi connectivity index (χ0n) is 11.8. The molecule has 1 aliphatic rings. The second-order valence-corrected chi connectivity index (χ2v) is 5.81. The van der Waals surface area contributed by atoms with Crippen molar-refractivity contribution >= 4 is 17.6 Å². The van der Waals surface area contributed by atoms with E-state index in [0.717, 1.165) is 18.4 Å². The van der Waals surface area contributed by atoms with E-state index < -0.39 is 12.1 Å². The second-order valence-electron chi connectivity index (χ2n) is 5.37. The Labute approximate surface area is 124 Å². The van der Waals surface area contributed by atoms with E-state index in [9.17, 15) is 4.79 Å². The summed E-state index contributed by atoms with van der Waals surface area (Å²) < 4.78 is 5.71. The van der Waals surface area contributed by atoms with Crippen LogP contribution >= 0.6 is 11.6 Å². The van der Waals surface area contributed by atoms with Gasteiger partial charge in [0.25, 0.3) is 0 Å². The van der Waals surface area contributed by atoms with E-state index in [0.29, 0.717) is 23.1 Å². The molecule has 1 saturated carbocycles. The molecule has 0 heterocycles. The summed E-state index contributed by atoms with van der Waals surface area (Å²) in [5, 5.41) is 9.82. The fourth-order valence-electron chi connectivity index (χ4n) is 2.82. The van der Waals surface area contributed by atoms with Gasteiger partial charge in [-0.1, -0.05) is 37.8 Å². The maximum absolute atomic E-state index is 11.1. The predicted octanol–water partition coefficient (Wildman–Crippen LogP) is 4.63. The summed E-state index contributed by atoms with van der Waals surface area (Å²) in [5.74, 6) is 0.191. The Bertz CT molecular complexity index is 467. The van der Waals surface area contributed by atoms with Crippen molar-refractivity contribution in [1.29, 1.82) is 0 Å². The Morgan fingerprint density at radius 2 is 2.10 bits per heavy atom. The van der Waals surface area contributed by atoms with E-state index in [1.54, 1.807) is 12.1 Å². The molecule has 0 bridgehead atoms. The molecule has 1 unspecified atom stereocenters. The molecule has 1 aromatic carbocycles. The van der Waals surface area contributed by atoms with Crippen LogP contribution in [0.3, 0.4) is 0 Å². The topological polar surface area (TPSA) is 46.5 Å². The molecular weight excluding hydrogens is 276 g/mol. The summed E-state index contributed by atoms with van der Waals surface area (Å²) in [6.07, 6.45) is 5.61. The summed E-state index contributed by atoms with van der Waals surface area (Å²) in [6, 6.07) is 5.50. The Kier molecular flexibility index (Phi) is 5.30. The third-order valence-electron chi connectivity index (χ3n) is 3.93. The second kappa shape index (κ2) is 6.98. The number of carboxylic acids is 1. The SMILES string of the molecule is CCC(Oc1ccc(Cl)cc1C1CCCCC1)C(=O)O. The number of halogens is 1. The minimum Gasteiger partial charge on any atom is -0.479 e. The molecule has 2 rings (SSSR count).